The fraction of sp³-hybridized carbons (Fsp3) is 0. The first kappa shape index (κ1) is 9.28. The van der Waals surface area contributed by atoms with E-state index in [0.29, 0.717) is 5.58 Å². The molecule has 2 rings (SSSR count). The maximum absolute atomic E-state index is 10.8. The molecule has 4 heteroatoms. The van der Waals surface area contributed by atoms with Gasteiger partial charge in [0.25, 0.3) is 0 Å². The Morgan fingerprint density at radius 3 is 2.69 bits per heavy atom. The van der Waals surface area contributed by atoms with Crippen LogP contribution in [0.1, 0.15) is 0 Å². The van der Waals surface area contributed by atoms with Crippen molar-refractivity contribution in [3.8, 4) is 5.75 Å². The van der Waals surface area contributed by atoms with E-state index in [2.05, 4.69) is 0 Å². The Kier molecular flexibility index (Phi) is 2.34. The number of rotatable bonds is 0. The molecule has 0 aliphatic rings. The lowest BCUT2D eigenvalue weighted by Crippen LogP contribution is -1.96. The van der Waals surface area contributed by atoms with Crippen LogP contribution in [-0.2, 0) is 0 Å². The Balaban J connectivity index is 0.000000845. The average molecular weight is 180 g/mol. The van der Waals surface area contributed by atoms with Gasteiger partial charge in [-0.1, -0.05) is 18.2 Å². The summed E-state index contributed by atoms with van der Waals surface area (Å²) in [4.78, 5) is 10.8. The lowest BCUT2D eigenvalue weighted by molar-refractivity contribution is 0.428. The minimum atomic E-state index is -0.700. The predicted molar refractivity (Wildman–Crippen MR) is 47.8 cm³/mol. The predicted octanol–water partition coefficient (Wildman–Crippen LogP) is 0.674. The number of hydrogen-bond acceptors (Lipinski definition) is 3. The standard InChI is InChI=1S/C9H6O3.H2O/c10-7-5-6-3-1-2-4-8(6)12-9(7)11;/h1-5,10H;1H2. The van der Waals surface area contributed by atoms with E-state index in [-0.39, 0.29) is 11.2 Å². The van der Waals surface area contributed by atoms with Crippen molar-refractivity contribution in [1.82, 2.24) is 0 Å². The van der Waals surface area contributed by atoms with Gasteiger partial charge in [-0.3, -0.25) is 0 Å². The van der Waals surface area contributed by atoms with E-state index in [1.54, 1.807) is 18.2 Å². The molecular weight excluding hydrogens is 172 g/mol. The third kappa shape index (κ3) is 1.52. The molecule has 0 bridgehead atoms. The average Bonchev–Trinajstić information content (AvgIpc) is 2.07. The highest BCUT2D eigenvalue weighted by atomic mass is 16.4. The molecule has 0 aliphatic heterocycles. The summed E-state index contributed by atoms with van der Waals surface area (Å²) in [5.74, 6) is -0.353. The third-order valence-electron chi connectivity index (χ3n) is 1.62. The van der Waals surface area contributed by atoms with E-state index in [1.165, 1.54) is 6.07 Å². The molecule has 1 heterocycles. The second-order valence-corrected chi connectivity index (χ2v) is 2.46. The summed E-state index contributed by atoms with van der Waals surface area (Å²) in [6, 6.07) is 8.40. The minimum Gasteiger partial charge on any atom is -0.502 e. The van der Waals surface area contributed by atoms with E-state index in [9.17, 15) is 4.79 Å². The third-order valence-corrected chi connectivity index (χ3v) is 1.62. The molecule has 3 N–H and O–H groups in total. The monoisotopic (exact) mass is 180 g/mol. The molecule has 0 spiro atoms. The number of benzene rings is 1. The topological polar surface area (TPSA) is 81.9 Å². The molecule has 1 aromatic carbocycles. The number of aromatic hydroxyl groups is 1. The van der Waals surface area contributed by atoms with Gasteiger partial charge in [-0.2, -0.15) is 0 Å². The summed E-state index contributed by atoms with van der Waals surface area (Å²) >= 11 is 0. The van der Waals surface area contributed by atoms with Crippen LogP contribution in [0.4, 0.5) is 0 Å². The van der Waals surface area contributed by atoms with Crippen molar-refractivity contribution in [3.63, 3.8) is 0 Å². The van der Waals surface area contributed by atoms with Gasteiger partial charge in [0.05, 0.1) is 0 Å². The number of fused-ring (bicyclic) bond motifs is 1. The maximum atomic E-state index is 10.8. The first-order valence-electron chi connectivity index (χ1n) is 3.49. The SMILES string of the molecule is O.O=c1oc2ccccc2cc1O. The van der Waals surface area contributed by atoms with Crippen molar-refractivity contribution in [2.75, 3.05) is 0 Å². The van der Waals surface area contributed by atoms with Crippen LogP contribution in [0, 0.1) is 0 Å². The van der Waals surface area contributed by atoms with Crippen LogP contribution in [0.15, 0.2) is 39.5 Å². The molecule has 0 amide bonds. The molecule has 4 nitrogen and oxygen atoms in total. The van der Waals surface area contributed by atoms with Gasteiger partial charge in [0, 0.05) is 5.39 Å². The highest BCUT2D eigenvalue weighted by Gasteiger charge is 2.00. The highest BCUT2D eigenvalue weighted by Crippen LogP contribution is 2.14. The van der Waals surface area contributed by atoms with Gasteiger partial charge in [-0.25, -0.2) is 4.79 Å². The van der Waals surface area contributed by atoms with Gasteiger partial charge in [-0.05, 0) is 12.1 Å². The van der Waals surface area contributed by atoms with E-state index >= 15 is 0 Å². The molecular formula is C9H8O4. The smallest absolute Gasteiger partial charge is 0.378 e. The van der Waals surface area contributed by atoms with E-state index in [0.717, 1.165) is 5.39 Å². The molecule has 2 aromatic rings. The molecule has 0 atom stereocenters. The fourth-order valence-corrected chi connectivity index (χ4v) is 1.05. The Morgan fingerprint density at radius 2 is 1.92 bits per heavy atom. The van der Waals surface area contributed by atoms with Crippen LogP contribution in [0.25, 0.3) is 11.0 Å². The van der Waals surface area contributed by atoms with Gasteiger partial charge in [-0.15, -0.1) is 0 Å². The second-order valence-electron chi connectivity index (χ2n) is 2.46. The van der Waals surface area contributed by atoms with Crippen LogP contribution in [0.3, 0.4) is 0 Å². The van der Waals surface area contributed by atoms with Gasteiger partial charge in [0.2, 0.25) is 5.75 Å². The van der Waals surface area contributed by atoms with Gasteiger partial charge in [0.15, 0.2) is 0 Å². The van der Waals surface area contributed by atoms with Gasteiger partial charge in [0.1, 0.15) is 5.58 Å². The summed E-state index contributed by atoms with van der Waals surface area (Å²) in [6.45, 7) is 0. The fourth-order valence-electron chi connectivity index (χ4n) is 1.05. The van der Waals surface area contributed by atoms with Crippen molar-refractivity contribution in [2.45, 2.75) is 0 Å². The van der Waals surface area contributed by atoms with Crippen molar-refractivity contribution in [3.05, 3.63) is 40.8 Å². The Bertz CT molecular complexity index is 472. The molecule has 0 aliphatic carbocycles. The molecule has 0 radical (unpaired) electrons. The normalized spacial score (nSPS) is 9.54. The molecule has 0 fully saturated rings. The van der Waals surface area contributed by atoms with Crippen LogP contribution in [0.2, 0.25) is 0 Å². The summed E-state index contributed by atoms with van der Waals surface area (Å²) in [5, 5.41) is 9.73. The van der Waals surface area contributed by atoms with Gasteiger partial charge >= 0.3 is 5.63 Å². The zero-order valence-electron chi connectivity index (χ0n) is 6.65. The molecule has 0 saturated carbocycles. The molecule has 13 heavy (non-hydrogen) atoms. The molecule has 0 unspecified atom stereocenters. The van der Waals surface area contributed by atoms with Crippen molar-refractivity contribution >= 4 is 11.0 Å². The lowest BCUT2D eigenvalue weighted by Gasteiger charge is -1.94. The van der Waals surface area contributed by atoms with E-state index in [4.69, 9.17) is 9.52 Å². The lowest BCUT2D eigenvalue weighted by atomic mass is 10.2. The zero-order chi connectivity index (χ0) is 8.55. The largest absolute Gasteiger partial charge is 0.502 e. The first-order valence-corrected chi connectivity index (χ1v) is 3.49. The van der Waals surface area contributed by atoms with Crippen LogP contribution in [0.5, 0.6) is 5.75 Å². The number of para-hydroxylation sites is 1. The minimum absolute atomic E-state index is 0. The Morgan fingerprint density at radius 1 is 1.23 bits per heavy atom. The second kappa shape index (κ2) is 3.28. The van der Waals surface area contributed by atoms with Crippen LogP contribution in [-0.4, -0.2) is 10.6 Å². The van der Waals surface area contributed by atoms with E-state index < -0.39 is 5.63 Å². The summed E-state index contributed by atoms with van der Waals surface area (Å²) in [7, 11) is 0. The van der Waals surface area contributed by atoms with Crippen molar-refractivity contribution in [2.24, 2.45) is 0 Å². The Hall–Kier alpha value is -1.81. The quantitative estimate of drug-likeness (QED) is 0.605. The molecule has 0 saturated heterocycles. The maximum Gasteiger partial charge on any atom is 0.378 e. The van der Waals surface area contributed by atoms with Gasteiger partial charge < -0.3 is 15.0 Å². The summed E-state index contributed by atoms with van der Waals surface area (Å²) in [5.41, 5.74) is -0.214. The molecule has 1 aromatic heterocycles. The van der Waals surface area contributed by atoms with Crippen molar-refractivity contribution < 1.29 is 15.0 Å². The highest BCUT2D eigenvalue weighted by molar-refractivity contribution is 5.77. The van der Waals surface area contributed by atoms with Crippen LogP contribution >= 0.6 is 0 Å². The van der Waals surface area contributed by atoms with Crippen LogP contribution < -0.4 is 5.63 Å². The molecule has 68 valence electrons. The van der Waals surface area contributed by atoms with Crippen molar-refractivity contribution in [1.29, 1.82) is 0 Å². The van der Waals surface area contributed by atoms with E-state index in [1.807, 2.05) is 6.07 Å². The summed E-state index contributed by atoms with van der Waals surface area (Å²) in [6.07, 6.45) is 0. The Labute approximate surface area is 73.4 Å². The summed E-state index contributed by atoms with van der Waals surface area (Å²) < 4.78 is 4.79. The zero-order valence-corrected chi connectivity index (χ0v) is 6.65. The first-order chi connectivity index (χ1) is 5.77. The number of hydrogen-bond donors (Lipinski definition) is 1.